The Morgan fingerprint density at radius 1 is 1.33 bits per heavy atom. The quantitative estimate of drug-likeness (QED) is 0.639. The van der Waals surface area contributed by atoms with Gasteiger partial charge in [-0.05, 0) is 31.2 Å². The summed E-state index contributed by atoms with van der Waals surface area (Å²) in [5.41, 5.74) is 2.57. The van der Waals surface area contributed by atoms with Crippen LogP contribution in [0.4, 0.5) is 5.69 Å². The number of anilines is 1. The molecule has 1 atom stereocenters. The molecular formula is C12H13N3O3S3. The first kappa shape index (κ1) is 15.9. The summed E-state index contributed by atoms with van der Waals surface area (Å²) in [7, 11) is -3.31. The highest BCUT2D eigenvalue weighted by Gasteiger charge is 2.18. The largest absolute Gasteiger partial charge is 0.293 e. The number of benzene rings is 1. The van der Waals surface area contributed by atoms with Gasteiger partial charge in [-0.3, -0.25) is 9.52 Å². The summed E-state index contributed by atoms with van der Waals surface area (Å²) in [4.78, 5) is 12.3. The SMILES string of the molecule is CC(Sc1nncs1)C(=O)c1ccc(NS(C)(=O)=O)cc1. The van der Waals surface area contributed by atoms with Crippen LogP contribution >= 0.6 is 23.1 Å². The van der Waals surface area contributed by atoms with Gasteiger partial charge in [-0.25, -0.2) is 8.42 Å². The second-order valence-corrected chi connectivity index (χ2v) is 8.45. The lowest BCUT2D eigenvalue weighted by molar-refractivity contribution is 0.0994. The fourth-order valence-electron chi connectivity index (χ4n) is 1.57. The first-order valence-electron chi connectivity index (χ1n) is 5.90. The molecule has 1 unspecified atom stereocenters. The van der Waals surface area contributed by atoms with Gasteiger partial charge in [-0.1, -0.05) is 23.1 Å². The topological polar surface area (TPSA) is 89.0 Å². The number of nitrogens with zero attached hydrogens (tertiary/aromatic N) is 2. The van der Waals surface area contributed by atoms with Crippen LogP contribution < -0.4 is 4.72 Å². The summed E-state index contributed by atoms with van der Waals surface area (Å²) >= 11 is 2.74. The van der Waals surface area contributed by atoms with E-state index in [0.29, 0.717) is 11.3 Å². The molecule has 1 aromatic carbocycles. The van der Waals surface area contributed by atoms with Crippen LogP contribution in [0.3, 0.4) is 0 Å². The van der Waals surface area contributed by atoms with Gasteiger partial charge in [0.15, 0.2) is 10.1 Å². The van der Waals surface area contributed by atoms with Crippen LogP contribution in [0.25, 0.3) is 0 Å². The van der Waals surface area contributed by atoms with Gasteiger partial charge in [0, 0.05) is 11.3 Å². The average Bonchev–Trinajstić information content (AvgIpc) is 2.90. The molecular weight excluding hydrogens is 330 g/mol. The lowest BCUT2D eigenvalue weighted by Crippen LogP contribution is -2.14. The van der Waals surface area contributed by atoms with E-state index in [1.165, 1.54) is 23.1 Å². The summed E-state index contributed by atoms with van der Waals surface area (Å²) < 4.78 is 25.3. The van der Waals surface area contributed by atoms with Crippen molar-refractivity contribution in [1.29, 1.82) is 0 Å². The Morgan fingerprint density at radius 2 is 2.00 bits per heavy atom. The Bertz CT molecular complexity index is 712. The minimum absolute atomic E-state index is 0.0406. The van der Waals surface area contributed by atoms with E-state index in [-0.39, 0.29) is 11.0 Å². The average molecular weight is 343 g/mol. The molecule has 0 saturated heterocycles. The maximum atomic E-state index is 12.3. The summed E-state index contributed by atoms with van der Waals surface area (Å²) in [6, 6.07) is 6.34. The van der Waals surface area contributed by atoms with Crippen molar-refractivity contribution in [3.63, 3.8) is 0 Å². The number of hydrogen-bond acceptors (Lipinski definition) is 7. The molecule has 0 fully saturated rings. The minimum Gasteiger partial charge on any atom is -0.293 e. The first-order valence-corrected chi connectivity index (χ1v) is 9.55. The van der Waals surface area contributed by atoms with Crippen LogP contribution in [0, 0.1) is 0 Å². The molecule has 1 heterocycles. The van der Waals surface area contributed by atoms with Gasteiger partial charge < -0.3 is 0 Å². The van der Waals surface area contributed by atoms with Gasteiger partial charge in [0.2, 0.25) is 10.0 Å². The third-order valence-corrected chi connectivity index (χ3v) is 4.98. The van der Waals surface area contributed by atoms with E-state index in [9.17, 15) is 13.2 Å². The van der Waals surface area contributed by atoms with Crippen LogP contribution in [0.2, 0.25) is 0 Å². The normalized spacial score (nSPS) is 12.9. The van der Waals surface area contributed by atoms with Crippen LogP contribution in [0.15, 0.2) is 34.1 Å². The Morgan fingerprint density at radius 3 is 2.52 bits per heavy atom. The smallest absolute Gasteiger partial charge is 0.229 e. The number of aromatic nitrogens is 2. The van der Waals surface area contributed by atoms with Crippen LogP contribution in [0.5, 0.6) is 0 Å². The summed E-state index contributed by atoms with van der Waals surface area (Å²) in [5, 5.41) is 7.33. The Labute approximate surface area is 131 Å². The molecule has 0 aliphatic heterocycles. The molecule has 0 bridgehead atoms. The minimum atomic E-state index is -3.31. The molecule has 0 aliphatic carbocycles. The number of nitrogens with one attached hydrogen (secondary N) is 1. The molecule has 21 heavy (non-hydrogen) atoms. The molecule has 0 saturated carbocycles. The predicted octanol–water partition coefficient (Wildman–Crippen LogP) is 2.27. The number of carbonyl (C=O) groups excluding carboxylic acids is 1. The van der Waals surface area contributed by atoms with Crippen LogP contribution in [-0.4, -0.2) is 35.9 Å². The monoisotopic (exact) mass is 343 g/mol. The van der Waals surface area contributed by atoms with Crippen molar-refractivity contribution in [1.82, 2.24) is 10.2 Å². The lowest BCUT2D eigenvalue weighted by atomic mass is 10.1. The molecule has 1 aromatic heterocycles. The Hall–Kier alpha value is -1.45. The van der Waals surface area contributed by atoms with E-state index >= 15 is 0 Å². The first-order chi connectivity index (χ1) is 9.85. The van der Waals surface area contributed by atoms with Gasteiger partial charge in [0.05, 0.1) is 11.5 Å². The maximum Gasteiger partial charge on any atom is 0.229 e. The van der Waals surface area contributed by atoms with Gasteiger partial charge in [-0.15, -0.1) is 10.2 Å². The molecule has 2 rings (SSSR count). The number of Topliss-reactive ketones (excluding diaryl/α,β-unsaturated/α-hetero) is 1. The second-order valence-electron chi connectivity index (χ2n) is 4.28. The number of ketones is 1. The van der Waals surface area contributed by atoms with Gasteiger partial charge >= 0.3 is 0 Å². The summed E-state index contributed by atoms with van der Waals surface area (Å²) in [5.74, 6) is -0.0406. The molecule has 0 aliphatic rings. The molecule has 112 valence electrons. The van der Waals surface area contributed by atoms with E-state index < -0.39 is 10.0 Å². The molecule has 1 N–H and O–H groups in total. The van der Waals surface area contributed by atoms with Gasteiger partial charge in [-0.2, -0.15) is 0 Å². The molecule has 2 aromatic rings. The number of sulfonamides is 1. The molecule has 9 heteroatoms. The van der Waals surface area contributed by atoms with E-state index in [1.54, 1.807) is 36.7 Å². The third-order valence-electron chi connectivity index (χ3n) is 2.46. The number of hydrogen-bond donors (Lipinski definition) is 1. The van der Waals surface area contributed by atoms with E-state index in [0.717, 1.165) is 10.6 Å². The van der Waals surface area contributed by atoms with Crippen molar-refractivity contribution >= 4 is 44.6 Å². The highest BCUT2D eigenvalue weighted by molar-refractivity contribution is 8.02. The van der Waals surface area contributed by atoms with E-state index in [4.69, 9.17) is 0 Å². The summed E-state index contributed by atoms with van der Waals surface area (Å²) in [6.07, 6.45) is 1.08. The fourth-order valence-corrected chi connectivity index (χ4v) is 3.84. The number of rotatable bonds is 6. The van der Waals surface area contributed by atoms with E-state index in [2.05, 4.69) is 14.9 Å². The van der Waals surface area contributed by atoms with Crippen molar-refractivity contribution in [2.45, 2.75) is 16.5 Å². The van der Waals surface area contributed by atoms with Crippen molar-refractivity contribution in [2.24, 2.45) is 0 Å². The van der Waals surface area contributed by atoms with Crippen LogP contribution in [0.1, 0.15) is 17.3 Å². The second kappa shape index (κ2) is 6.54. The zero-order valence-electron chi connectivity index (χ0n) is 11.3. The van der Waals surface area contributed by atoms with Crippen molar-refractivity contribution in [2.75, 3.05) is 11.0 Å². The van der Waals surface area contributed by atoms with E-state index in [1.807, 2.05) is 0 Å². The molecule has 0 spiro atoms. The fraction of sp³-hybridized carbons (Fsp3) is 0.250. The third kappa shape index (κ3) is 4.80. The predicted molar refractivity (Wildman–Crippen MR) is 84.5 cm³/mol. The summed E-state index contributed by atoms with van der Waals surface area (Å²) in [6.45, 7) is 1.80. The zero-order valence-corrected chi connectivity index (χ0v) is 13.8. The van der Waals surface area contributed by atoms with Crippen LogP contribution in [-0.2, 0) is 10.0 Å². The maximum absolute atomic E-state index is 12.3. The van der Waals surface area contributed by atoms with Crippen molar-refractivity contribution < 1.29 is 13.2 Å². The van der Waals surface area contributed by atoms with Crippen molar-refractivity contribution in [3.05, 3.63) is 35.3 Å². The molecule has 6 nitrogen and oxygen atoms in total. The van der Waals surface area contributed by atoms with Gasteiger partial charge in [0.25, 0.3) is 0 Å². The Balaban J connectivity index is 2.05. The highest BCUT2D eigenvalue weighted by atomic mass is 32.2. The zero-order chi connectivity index (χ0) is 15.5. The number of thioether (sulfide) groups is 1. The van der Waals surface area contributed by atoms with Crippen molar-refractivity contribution in [3.8, 4) is 0 Å². The van der Waals surface area contributed by atoms with Gasteiger partial charge in [0.1, 0.15) is 5.51 Å². The number of carbonyl (C=O) groups is 1. The highest BCUT2D eigenvalue weighted by Crippen LogP contribution is 2.26. The Kier molecular flexibility index (Phi) is 4.96. The lowest BCUT2D eigenvalue weighted by Gasteiger charge is -2.09. The molecule has 0 radical (unpaired) electrons. The standard InChI is InChI=1S/C12H13N3O3S3/c1-8(20-12-14-13-7-19-12)11(16)9-3-5-10(6-4-9)15-21(2,17)18/h3-8,15H,1-2H3. The molecule has 0 amide bonds.